The number of hydrogen-bond donors (Lipinski definition) is 5. The molecule has 1 fully saturated rings. The van der Waals surface area contributed by atoms with Gasteiger partial charge in [0.2, 0.25) is 5.78 Å². The third-order valence-corrected chi connectivity index (χ3v) is 7.69. The summed E-state index contributed by atoms with van der Waals surface area (Å²) in [5.41, 5.74) is 2.69. The molecule has 12 nitrogen and oxygen atoms in total. The number of benzene rings is 2. The van der Waals surface area contributed by atoms with E-state index in [2.05, 4.69) is 0 Å². The lowest BCUT2D eigenvalue weighted by Gasteiger charge is -2.43. The van der Waals surface area contributed by atoms with Gasteiger partial charge in [0.1, 0.15) is 17.2 Å². The van der Waals surface area contributed by atoms with E-state index in [0.717, 1.165) is 0 Å². The van der Waals surface area contributed by atoms with Gasteiger partial charge in [-0.05, 0) is 13.0 Å². The number of ether oxygens (including phenoxy) is 3. The molecule has 1 saturated heterocycles. The summed E-state index contributed by atoms with van der Waals surface area (Å²) in [6, 6.07) is 3.64. The molecule has 5 rings (SSSR count). The number of methoxy groups -OCH3 is 1. The molecule has 2 aromatic carbocycles. The van der Waals surface area contributed by atoms with Crippen LogP contribution in [0.3, 0.4) is 0 Å². The zero-order valence-electron chi connectivity index (χ0n) is 21.2. The normalized spacial score (nSPS) is 29.8. The standard InChI is InChI=1S/C27H29NO11/c1-10-22(31)13(28)6-17(38-10)39-15-8-27(36,9-16(29)30)7-12-19(15)26(35)21-20(24(12)33)23(32)11-4-3-5-14(37-2)18(11)25(21)34/h3-5,10,13,15,17,22,31,33,35-36H,6-9,28H2,1-2H3,(H,29,30)/p-1/t10?,13?,15?,17?,22?,27-/m1/s1. The zero-order chi connectivity index (χ0) is 28.4. The highest BCUT2D eigenvalue weighted by atomic mass is 16.7. The number of carboxylic acid groups (broad SMARTS) is 1. The average molecular weight is 543 g/mol. The van der Waals surface area contributed by atoms with Crippen molar-refractivity contribution in [1.82, 2.24) is 0 Å². The van der Waals surface area contributed by atoms with Gasteiger partial charge < -0.3 is 50.3 Å². The number of rotatable bonds is 5. The third-order valence-electron chi connectivity index (χ3n) is 7.69. The molecule has 12 heteroatoms. The van der Waals surface area contributed by atoms with Gasteiger partial charge in [-0.15, -0.1) is 0 Å². The van der Waals surface area contributed by atoms with Crippen LogP contribution in [-0.2, 0) is 20.7 Å². The van der Waals surface area contributed by atoms with Crippen LogP contribution in [0.4, 0.5) is 0 Å². The lowest BCUT2D eigenvalue weighted by atomic mass is 9.72. The van der Waals surface area contributed by atoms with Gasteiger partial charge in [-0.3, -0.25) is 9.59 Å². The number of carbonyl (C=O) groups is 3. The largest absolute Gasteiger partial charge is 0.550 e. The molecule has 5 unspecified atom stereocenters. The lowest BCUT2D eigenvalue weighted by Crippen LogP contribution is -2.52. The van der Waals surface area contributed by atoms with Gasteiger partial charge in [-0.25, -0.2) is 0 Å². The number of aliphatic hydroxyl groups is 2. The minimum absolute atomic E-state index is 0.0237. The molecular weight excluding hydrogens is 514 g/mol. The number of carboxylic acids is 1. The molecule has 6 atom stereocenters. The Balaban J connectivity index is 1.67. The quantitative estimate of drug-likeness (QED) is 0.260. The highest BCUT2D eigenvalue weighted by Crippen LogP contribution is 2.52. The molecule has 0 aromatic heterocycles. The van der Waals surface area contributed by atoms with Crippen molar-refractivity contribution in [2.75, 3.05) is 7.11 Å². The van der Waals surface area contributed by atoms with Crippen LogP contribution in [0.15, 0.2) is 18.2 Å². The molecular formula is C27H28NO11-. The molecule has 0 saturated carbocycles. The molecule has 0 radical (unpaired) electrons. The van der Waals surface area contributed by atoms with E-state index in [0.29, 0.717) is 0 Å². The first-order valence-corrected chi connectivity index (χ1v) is 12.4. The first-order chi connectivity index (χ1) is 18.4. The first kappa shape index (κ1) is 27.0. The maximum Gasteiger partial charge on any atom is 0.202 e. The molecule has 6 N–H and O–H groups in total. The van der Waals surface area contributed by atoms with E-state index >= 15 is 0 Å². The number of phenols is 2. The number of fused-ring (bicyclic) bond motifs is 3. The summed E-state index contributed by atoms with van der Waals surface area (Å²) < 4.78 is 17.0. The Morgan fingerprint density at radius 1 is 1.18 bits per heavy atom. The summed E-state index contributed by atoms with van der Waals surface area (Å²) in [4.78, 5) is 38.6. The van der Waals surface area contributed by atoms with Crippen LogP contribution in [0, 0.1) is 0 Å². The summed E-state index contributed by atoms with van der Waals surface area (Å²) in [6.45, 7) is 1.58. The number of nitrogens with two attached hydrogens (primary N) is 1. The third kappa shape index (κ3) is 4.34. The van der Waals surface area contributed by atoms with Gasteiger partial charge in [0, 0.05) is 54.4 Å². The molecule has 39 heavy (non-hydrogen) atoms. The van der Waals surface area contributed by atoms with Crippen molar-refractivity contribution in [2.45, 2.75) is 68.9 Å². The summed E-state index contributed by atoms with van der Waals surface area (Å²) in [5.74, 6) is -4.33. The number of ketones is 2. The summed E-state index contributed by atoms with van der Waals surface area (Å²) in [5, 5.41) is 55.6. The molecule has 0 amide bonds. The molecule has 3 aliphatic rings. The number of carbonyl (C=O) groups excluding carboxylic acids is 3. The van der Waals surface area contributed by atoms with Crippen molar-refractivity contribution in [3.05, 3.63) is 51.6 Å². The Morgan fingerprint density at radius 2 is 1.87 bits per heavy atom. The van der Waals surface area contributed by atoms with E-state index in [1.807, 2.05) is 0 Å². The Morgan fingerprint density at radius 3 is 2.51 bits per heavy atom. The van der Waals surface area contributed by atoms with E-state index < -0.39 is 89.2 Å². The highest BCUT2D eigenvalue weighted by molar-refractivity contribution is 6.31. The smallest absolute Gasteiger partial charge is 0.202 e. The topological polar surface area (TPSA) is 209 Å². The van der Waals surface area contributed by atoms with E-state index in [1.54, 1.807) is 6.92 Å². The number of aliphatic carboxylic acids is 1. The number of aromatic hydroxyl groups is 2. The van der Waals surface area contributed by atoms with Gasteiger partial charge in [-0.2, -0.15) is 0 Å². The summed E-state index contributed by atoms with van der Waals surface area (Å²) in [6.07, 6.45) is -5.71. The van der Waals surface area contributed by atoms with Crippen LogP contribution in [0.2, 0.25) is 0 Å². The van der Waals surface area contributed by atoms with Crippen LogP contribution >= 0.6 is 0 Å². The second kappa shape index (κ2) is 9.57. The zero-order valence-corrected chi connectivity index (χ0v) is 21.2. The van der Waals surface area contributed by atoms with E-state index in [9.17, 15) is 39.9 Å². The number of aliphatic hydroxyl groups excluding tert-OH is 1. The second-order valence-corrected chi connectivity index (χ2v) is 10.3. The maximum absolute atomic E-state index is 13.6. The SMILES string of the molecule is COc1cccc2c1C(=O)c1c(O)c3c(c(O)c1C2=O)C[C@](O)(CC(=O)[O-])CC3OC1CC(N)C(O)C(C)O1. The van der Waals surface area contributed by atoms with Gasteiger partial charge in [-0.1, -0.05) is 12.1 Å². The van der Waals surface area contributed by atoms with Gasteiger partial charge in [0.05, 0.1) is 47.7 Å². The Bertz CT molecular complexity index is 1380. The molecule has 208 valence electrons. The predicted molar refractivity (Wildman–Crippen MR) is 129 cm³/mol. The minimum Gasteiger partial charge on any atom is -0.550 e. The van der Waals surface area contributed by atoms with E-state index in [1.165, 1.54) is 25.3 Å². The molecule has 0 bridgehead atoms. The Hall–Kier alpha value is -3.55. The van der Waals surface area contributed by atoms with Crippen LogP contribution in [0.25, 0.3) is 0 Å². The summed E-state index contributed by atoms with van der Waals surface area (Å²) in [7, 11) is 1.32. The van der Waals surface area contributed by atoms with Crippen molar-refractivity contribution in [1.29, 1.82) is 0 Å². The van der Waals surface area contributed by atoms with Crippen LogP contribution in [0.5, 0.6) is 17.2 Å². The van der Waals surface area contributed by atoms with Crippen LogP contribution in [0.1, 0.15) is 75.3 Å². The van der Waals surface area contributed by atoms with Crippen LogP contribution < -0.4 is 15.6 Å². The maximum atomic E-state index is 13.6. The molecule has 1 aliphatic heterocycles. The van der Waals surface area contributed by atoms with Crippen LogP contribution in [-0.4, -0.2) is 75.2 Å². The Labute approximate surface area is 222 Å². The van der Waals surface area contributed by atoms with Crippen molar-refractivity contribution in [2.24, 2.45) is 5.73 Å². The minimum atomic E-state index is -2.00. The Kier molecular flexibility index (Phi) is 6.64. The monoisotopic (exact) mass is 542 g/mol. The van der Waals surface area contributed by atoms with Crippen molar-refractivity contribution >= 4 is 17.5 Å². The number of phenolic OH excluding ortho intramolecular Hbond substituents is 2. The van der Waals surface area contributed by atoms with Crippen molar-refractivity contribution < 1.29 is 54.1 Å². The highest BCUT2D eigenvalue weighted by Gasteiger charge is 2.47. The lowest BCUT2D eigenvalue weighted by molar-refractivity contribution is -0.310. The summed E-state index contributed by atoms with van der Waals surface area (Å²) >= 11 is 0. The molecule has 2 aromatic rings. The van der Waals surface area contributed by atoms with Crippen molar-refractivity contribution in [3.63, 3.8) is 0 Å². The first-order valence-electron chi connectivity index (χ1n) is 12.4. The van der Waals surface area contributed by atoms with E-state index in [-0.39, 0.29) is 40.8 Å². The van der Waals surface area contributed by atoms with E-state index in [4.69, 9.17) is 19.9 Å². The molecule has 2 aliphatic carbocycles. The second-order valence-electron chi connectivity index (χ2n) is 10.3. The average Bonchev–Trinajstić information content (AvgIpc) is 2.86. The fourth-order valence-corrected chi connectivity index (χ4v) is 5.87. The predicted octanol–water partition coefficient (Wildman–Crippen LogP) is -0.420. The van der Waals surface area contributed by atoms with Gasteiger partial charge in [0.25, 0.3) is 0 Å². The van der Waals surface area contributed by atoms with Gasteiger partial charge in [0.15, 0.2) is 12.1 Å². The van der Waals surface area contributed by atoms with Crippen molar-refractivity contribution in [3.8, 4) is 17.2 Å². The number of hydrogen-bond acceptors (Lipinski definition) is 12. The molecule has 0 spiro atoms. The molecule has 1 heterocycles. The fourth-order valence-electron chi connectivity index (χ4n) is 5.87. The van der Waals surface area contributed by atoms with Gasteiger partial charge >= 0.3 is 0 Å². The fraction of sp³-hybridized carbons (Fsp3) is 0.444.